The Morgan fingerprint density at radius 3 is 2.00 bits per heavy atom. The summed E-state index contributed by atoms with van der Waals surface area (Å²) >= 11 is 0. The molecule has 0 saturated carbocycles. The lowest BCUT2D eigenvalue weighted by Crippen LogP contribution is -2.33. The fourth-order valence-electron chi connectivity index (χ4n) is 1.61. The Morgan fingerprint density at radius 2 is 1.67 bits per heavy atom. The van der Waals surface area contributed by atoms with Gasteiger partial charge in [0.2, 0.25) is 0 Å². The Labute approximate surface area is 95.0 Å². The Bertz CT molecular complexity index is 160. The first-order valence-corrected chi connectivity index (χ1v) is 5.83. The van der Waals surface area contributed by atoms with E-state index in [4.69, 9.17) is 0 Å². The zero-order chi connectivity index (χ0) is 10.8. The van der Waals surface area contributed by atoms with Crippen molar-refractivity contribution in [2.45, 2.75) is 46.1 Å². The normalized spacial score (nSPS) is 12.8. The average molecular weight is 213 g/mol. The van der Waals surface area contributed by atoms with Gasteiger partial charge in [0.1, 0.15) is 0 Å². The molecule has 0 saturated heterocycles. The SMILES string of the molecule is C=CC(C=CCC)N(CCC)CCC.O. The minimum Gasteiger partial charge on any atom is -0.412 e. The second kappa shape index (κ2) is 11.5. The van der Waals surface area contributed by atoms with Gasteiger partial charge in [-0.25, -0.2) is 0 Å². The van der Waals surface area contributed by atoms with Gasteiger partial charge in [0.15, 0.2) is 0 Å². The first kappa shape index (κ1) is 16.8. The molecule has 1 unspecified atom stereocenters. The van der Waals surface area contributed by atoms with Crippen molar-refractivity contribution in [2.75, 3.05) is 13.1 Å². The summed E-state index contributed by atoms with van der Waals surface area (Å²) in [6, 6.07) is 0.426. The van der Waals surface area contributed by atoms with E-state index in [0.29, 0.717) is 6.04 Å². The van der Waals surface area contributed by atoms with Gasteiger partial charge < -0.3 is 5.48 Å². The molecule has 2 N–H and O–H groups in total. The van der Waals surface area contributed by atoms with Crippen LogP contribution in [0.1, 0.15) is 40.0 Å². The molecule has 0 heterocycles. The van der Waals surface area contributed by atoms with Gasteiger partial charge in [0.05, 0.1) is 0 Å². The lowest BCUT2D eigenvalue weighted by atomic mass is 10.2. The van der Waals surface area contributed by atoms with Crippen molar-refractivity contribution in [1.82, 2.24) is 4.90 Å². The fraction of sp³-hybridized carbons (Fsp3) is 0.692. The van der Waals surface area contributed by atoms with E-state index < -0.39 is 0 Å². The summed E-state index contributed by atoms with van der Waals surface area (Å²) in [6.07, 6.45) is 10.1. The van der Waals surface area contributed by atoms with E-state index in [2.05, 4.69) is 44.4 Å². The van der Waals surface area contributed by atoms with Crippen molar-refractivity contribution >= 4 is 0 Å². The highest BCUT2D eigenvalue weighted by Crippen LogP contribution is 2.05. The molecule has 2 heteroatoms. The van der Waals surface area contributed by atoms with Crippen molar-refractivity contribution in [3.63, 3.8) is 0 Å². The van der Waals surface area contributed by atoms with Crippen molar-refractivity contribution in [1.29, 1.82) is 0 Å². The maximum Gasteiger partial charge on any atom is 0.0459 e. The minimum absolute atomic E-state index is 0. The van der Waals surface area contributed by atoms with E-state index in [9.17, 15) is 0 Å². The van der Waals surface area contributed by atoms with E-state index in [1.54, 1.807) is 0 Å². The predicted molar refractivity (Wildman–Crippen MR) is 69.2 cm³/mol. The highest BCUT2D eigenvalue weighted by atomic mass is 16.0. The first-order chi connectivity index (χ1) is 6.79. The van der Waals surface area contributed by atoms with E-state index in [-0.39, 0.29) is 5.48 Å². The van der Waals surface area contributed by atoms with Crippen LogP contribution in [0.3, 0.4) is 0 Å². The van der Waals surface area contributed by atoms with Gasteiger partial charge in [-0.2, -0.15) is 0 Å². The Kier molecular flexibility index (Phi) is 12.9. The number of hydrogen-bond donors (Lipinski definition) is 0. The molecular formula is C13H27NO. The maximum atomic E-state index is 3.91. The number of rotatable bonds is 8. The quantitative estimate of drug-likeness (QED) is 0.571. The molecule has 1 atom stereocenters. The van der Waals surface area contributed by atoms with E-state index in [0.717, 1.165) is 6.42 Å². The standard InChI is InChI=1S/C13H25N.H2O/c1-5-9-10-13(8-4)14(11-6-2)12-7-3;/h8-10,13H,4-7,11-12H2,1-3H3;1H2. The van der Waals surface area contributed by atoms with Crippen LogP contribution in [0.15, 0.2) is 24.8 Å². The van der Waals surface area contributed by atoms with Gasteiger partial charge in [-0.15, -0.1) is 6.58 Å². The molecule has 0 rings (SSSR count). The molecule has 0 fully saturated rings. The van der Waals surface area contributed by atoms with Crippen LogP contribution in [-0.2, 0) is 0 Å². The molecule has 0 aliphatic rings. The molecular weight excluding hydrogens is 186 g/mol. The molecule has 0 amide bonds. The third-order valence-corrected chi connectivity index (χ3v) is 2.25. The number of hydrogen-bond acceptors (Lipinski definition) is 1. The molecule has 15 heavy (non-hydrogen) atoms. The zero-order valence-corrected chi connectivity index (χ0v) is 10.5. The summed E-state index contributed by atoms with van der Waals surface area (Å²) in [5.74, 6) is 0. The summed E-state index contributed by atoms with van der Waals surface area (Å²) < 4.78 is 0. The van der Waals surface area contributed by atoms with Gasteiger partial charge >= 0.3 is 0 Å². The zero-order valence-electron chi connectivity index (χ0n) is 10.5. The largest absolute Gasteiger partial charge is 0.412 e. The summed E-state index contributed by atoms with van der Waals surface area (Å²) in [4.78, 5) is 2.49. The smallest absolute Gasteiger partial charge is 0.0459 e. The monoisotopic (exact) mass is 213 g/mol. The highest BCUT2D eigenvalue weighted by Gasteiger charge is 2.09. The van der Waals surface area contributed by atoms with Crippen molar-refractivity contribution in [2.24, 2.45) is 0 Å². The molecule has 2 nitrogen and oxygen atoms in total. The van der Waals surface area contributed by atoms with Gasteiger partial charge in [-0.1, -0.05) is 39.0 Å². The Balaban J connectivity index is 0. The van der Waals surface area contributed by atoms with Crippen LogP contribution in [0.2, 0.25) is 0 Å². The number of allylic oxidation sites excluding steroid dienone is 1. The summed E-state index contributed by atoms with van der Waals surface area (Å²) in [5, 5.41) is 0. The molecule has 0 bridgehead atoms. The molecule has 0 radical (unpaired) electrons. The van der Waals surface area contributed by atoms with Crippen LogP contribution < -0.4 is 0 Å². The molecule has 0 aliphatic heterocycles. The van der Waals surface area contributed by atoms with Crippen LogP contribution in [0, 0.1) is 0 Å². The topological polar surface area (TPSA) is 34.7 Å². The summed E-state index contributed by atoms with van der Waals surface area (Å²) in [6.45, 7) is 12.9. The average Bonchev–Trinajstić information content (AvgIpc) is 2.19. The van der Waals surface area contributed by atoms with Gasteiger partial charge in [0, 0.05) is 6.04 Å². The third-order valence-electron chi connectivity index (χ3n) is 2.25. The molecule has 90 valence electrons. The summed E-state index contributed by atoms with van der Waals surface area (Å²) in [5.41, 5.74) is 0. The minimum atomic E-state index is 0. The maximum absolute atomic E-state index is 3.91. The van der Waals surface area contributed by atoms with Crippen LogP contribution in [0.5, 0.6) is 0 Å². The predicted octanol–water partition coefficient (Wildman–Crippen LogP) is 2.80. The van der Waals surface area contributed by atoms with Crippen LogP contribution in [0.25, 0.3) is 0 Å². The molecule has 0 aromatic heterocycles. The molecule has 0 aliphatic carbocycles. The molecule has 0 aromatic rings. The Morgan fingerprint density at radius 1 is 1.13 bits per heavy atom. The lowest BCUT2D eigenvalue weighted by Gasteiger charge is -2.26. The van der Waals surface area contributed by atoms with Crippen molar-refractivity contribution in [3.05, 3.63) is 24.8 Å². The van der Waals surface area contributed by atoms with E-state index >= 15 is 0 Å². The number of nitrogens with zero attached hydrogens (tertiary/aromatic N) is 1. The second-order valence-electron chi connectivity index (χ2n) is 3.60. The van der Waals surface area contributed by atoms with Crippen molar-refractivity contribution < 1.29 is 5.48 Å². The van der Waals surface area contributed by atoms with Gasteiger partial charge in [0.25, 0.3) is 0 Å². The van der Waals surface area contributed by atoms with Crippen LogP contribution in [0.4, 0.5) is 0 Å². The van der Waals surface area contributed by atoms with E-state index in [1.807, 2.05) is 6.08 Å². The van der Waals surface area contributed by atoms with Crippen LogP contribution in [-0.4, -0.2) is 29.5 Å². The van der Waals surface area contributed by atoms with E-state index in [1.165, 1.54) is 25.9 Å². The fourth-order valence-corrected chi connectivity index (χ4v) is 1.61. The third kappa shape index (κ3) is 7.34. The molecule has 0 spiro atoms. The summed E-state index contributed by atoms with van der Waals surface area (Å²) in [7, 11) is 0. The lowest BCUT2D eigenvalue weighted by molar-refractivity contribution is 0.260. The second-order valence-corrected chi connectivity index (χ2v) is 3.60. The van der Waals surface area contributed by atoms with Crippen LogP contribution >= 0.6 is 0 Å². The van der Waals surface area contributed by atoms with Gasteiger partial charge in [-0.05, 0) is 32.4 Å². The Hall–Kier alpha value is -0.600. The first-order valence-electron chi connectivity index (χ1n) is 5.83. The highest BCUT2D eigenvalue weighted by molar-refractivity contribution is 5.03. The van der Waals surface area contributed by atoms with Crippen molar-refractivity contribution in [3.8, 4) is 0 Å². The molecule has 0 aromatic carbocycles. The van der Waals surface area contributed by atoms with Gasteiger partial charge in [-0.3, -0.25) is 4.90 Å².